The zero-order valence-corrected chi connectivity index (χ0v) is 13.9. The van der Waals surface area contributed by atoms with Crippen molar-refractivity contribution in [3.63, 3.8) is 0 Å². The highest BCUT2D eigenvalue weighted by Gasteiger charge is 2.36. The molecule has 2 atom stereocenters. The third-order valence-electron chi connectivity index (χ3n) is 4.38. The Kier molecular flexibility index (Phi) is 4.72. The van der Waals surface area contributed by atoms with Gasteiger partial charge in [0.25, 0.3) is 0 Å². The van der Waals surface area contributed by atoms with Crippen LogP contribution >= 0.6 is 0 Å². The number of hydrogen-bond acceptors (Lipinski definition) is 4. The van der Waals surface area contributed by atoms with Crippen LogP contribution in [0.25, 0.3) is 0 Å². The van der Waals surface area contributed by atoms with E-state index in [1.807, 2.05) is 26.8 Å². The van der Waals surface area contributed by atoms with Gasteiger partial charge in [0.05, 0.1) is 17.0 Å². The molecule has 0 spiro atoms. The van der Waals surface area contributed by atoms with Crippen molar-refractivity contribution in [1.29, 1.82) is 0 Å². The minimum atomic E-state index is -3.54. The molecule has 0 radical (unpaired) electrons. The van der Waals surface area contributed by atoms with Crippen molar-refractivity contribution in [1.82, 2.24) is 4.31 Å². The monoisotopic (exact) mass is 312 g/mol. The Bertz CT molecular complexity index is 628. The first-order valence-corrected chi connectivity index (χ1v) is 8.63. The maximum Gasteiger partial charge on any atom is 0.243 e. The van der Waals surface area contributed by atoms with Crippen LogP contribution in [0.3, 0.4) is 0 Å². The molecule has 1 aromatic carbocycles. The predicted molar refractivity (Wildman–Crippen MR) is 82.6 cm³/mol. The lowest BCUT2D eigenvalue weighted by Gasteiger charge is -2.27. The maximum atomic E-state index is 12.9. The molecule has 0 bridgehead atoms. The Morgan fingerprint density at radius 1 is 1.38 bits per heavy atom. The summed E-state index contributed by atoms with van der Waals surface area (Å²) in [5.41, 5.74) is 8.23. The number of aryl methyl sites for hydroxylation is 1. The Balaban J connectivity index is 2.46. The van der Waals surface area contributed by atoms with Crippen LogP contribution in [0.4, 0.5) is 0 Å². The zero-order chi connectivity index (χ0) is 15.8. The summed E-state index contributed by atoms with van der Waals surface area (Å²) in [7, 11) is -1.91. The average Bonchev–Trinajstić information content (AvgIpc) is 2.86. The topological polar surface area (TPSA) is 72.6 Å². The van der Waals surface area contributed by atoms with E-state index < -0.39 is 10.0 Å². The molecule has 0 amide bonds. The van der Waals surface area contributed by atoms with Crippen LogP contribution in [0.1, 0.15) is 30.0 Å². The van der Waals surface area contributed by atoms with Gasteiger partial charge >= 0.3 is 0 Å². The number of benzene rings is 1. The van der Waals surface area contributed by atoms with Crippen LogP contribution in [0.15, 0.2) is 17.0 Å². The minimum Gasteiger partial charge on any atom is -0.377 e. The van der Waals surface area contributed by atoms with E-state index in [1.54, 1.807) is 13.1 Å². The summed E-state index contributed by atoms with van der Waals surface area (Å²) in [5, 5.41) is 0. The summed E-state index contributed by atoms with van der Waals surface area (Å²) in [6, 6.07) is 3.51. The van der Waals surface area contributed by atoms with Gasteiger partial charge in [-0.1, -0.05) is 6.07 Å². The molecular formula is C15H24N2O3S. The quantitative estimate of drug-likeness (QED) is 0.916. The molecule has 1 aromatic rings. The molecule has 1 aliphatic rings. The van der Waals surface area contributed by atoms with Gasteiger partial charge in [-0.3, -0.25) is 0 Å². The van der Waals surface area contributed by atoms with Crippen molar-refractivity contribution in [3.05, 3.63) is 28.8 Å². The van der Waals surface area contributed by atoms with Crippen molar-refractivity contribution >= 4 is 10.0 Å². The predicted octanol–water partition coefficient (Wildman–Crippen LogP) is 1.56. The highest BCUT2D eigenvalue weighted by atomic mass is 32.2. The fourth-order valence-electron chi connectivity index (χ4n) is 2.82. The van der Waals surface area contributed by atoms with Crippen molar-refractivity contribution < 1.29 is 13.2 Å². The van der Waals surface area contributed by atoms with Gasteiger partial charge in [0, 0.05) is 20.2 Å². The van der Waals surface area contributed by atoms with Gasteiger partial charge in [0.1, 0.15) is 0 Å². The van der Waals surface area contributed by atoms with Crippen LogP contribution < -0.4 is 5.73 Å². The molecule has 2 unspecified atom stereocenters. The van der Waals surface area contributed by atoms with E-state index in [0.29, 0.717) is 18.0 Å². The van der Waals surface area contributed by atoms with Crippen molar-refractivity contribution in [3.8, 4) is 0 Å². The first kappa shape index (κ1) is 16.4. The average molecular weight is 312 g/mol. The summed E-state index contributed by atoms with van der Waals surface area (Å²) in [5.74, 6) is 0. The van der Waals surface area contributed by atoms with E-state index in [-0.39, 0.29) is 12.1 Å². The number of sulfonamides is 1. The van der Waals surface area contributed by atoms with E-state index >= 15 is 0 Å². The maximum absolute atomic E-state index is 12.9. The number of hydrogen-bond donors (Lipinski definition) is 1. The highest BCUT2D eigenvalue weighted by molar-refractivity contribution is 7.89. The lowest BCUT2D eigenvalue weighted by molar-refractivity contribution is 0.102. The van der Waals surface area contributed by atoms with Crippen molar-refractivity contribution in [2.45, 2.75) is 50.8 Å². The van der Waals surface area contributed by atoms with Gasteiger partial charge in [0.2, 0.25) is 10.0 Å². The SMILES string of the molecule is Cc1cc(CN)cc(S(=O)(=O)N(C)C2CCOC2C)c1C. The van der Waals surface area contributed by atoms with E-state index in [0.717, 1.165) is 23.1 Å². The summed E-state index contributed by atoms with van der Waals surface area (Å²) in [6.45, 7) is 6.60. The molecule has 2 rings (SSSR count). The third-order valence-corrected chi connectivity index (χ3v) is 6.38. The number of nitrogens with zero attached hydrogens (tertiary/aromatic N) is 1. The molecule has 1 fully saturated rings. The van der Waals surface area contributed by atoms with Gasteiger partial charge in [-0.05, 0) is 49.9 Å². The summed E-state index contributed by atoms with van der Waals surface area (Å²) in [6.07, 6.45) is 0.648. The molecule has 1 saturated heterocycles. The summed E-state index contributed by atoms with van der Waals surface area (Å²) >= 11 is 0. The Morgan fingerprint density at radius 3 is 2.57 bits per heavy atom. The molecule has 21 heavy (non-hydrogen) atoms. The third kappa shape index (κ3) is 2.99. The van der Waals surface area contributed by atoms with E-state index in [4.69, 9.17) is 10.5 Å². The van der Waals surface area contributed by atoms with Crippen molar-refractivity contribution in [2.75, 3.05) is 13.7 Å². The largest absolute Gasteiger partial charge is 0.377 e. The molecule has 1 aliphatic heterocycles. The van der Waals surface area contributed by atoms with Crippen LogP contribution in [0.5, 0.6) is 0 Å². The molecule has 6 heteroatoms. The number of likely N-dealkylation sites (N-methyl/N-ethyl adjacent to an activating group) is 1. The molecule has 1 heterocycles. The van der Waals surface area contributed by atoms with Crippen molar-refractivity contribution in [2.24, 2.45) is 5.73 Å². The molecule has 0 aliphatic carbocycles. The van der Waals surface area contributed by atoms with Crippen LogP contribution in [0, 0.1) is 13.8 Å². The van der Waals surface area contributed by atoms with Crippen LogP contribution in [0.2, 0.25) is 0 Å². The lowest BCUT2D eigenvalue weighted by atomic mass is 10.1. The van der Waals surface area contributed by atoms with E-state index in [1.165, 1.54) is 4.31 Å². The summed E-state index contributed by atoms with van der Waals surface area (Å²) < 4.78 is 32.8. The summed E-state index contributed by atoms with van der Waals surface area (Å²) in [4.78, 5) is 0.351. The fraction of sp³-hybridized carbons (Fsp3) is 0.600. The van der Waals surface area contributed by atoms with E-state index in [9.17, 15) is 8.42 Å². The van der Waals surface area contributed by atoms with Gasteiger partial charge in [0.15, 0.2) is 0 Å². The molecule has 0 saturated carbocycles. The second-order valence-electron chi connectivity index (χ2n) is 5.69. The molecular weight excluding hydrogens is 288 g/mol. The smallest absolute Gasteiger partial charge is 0.243 e. The van der Waals surface area contributed by atoms with E-state index in [2.05, 4.69) is 0 Å². The number of nitrogens with two attached hydrogens (primary N) is 1. The second-order valence-corrected chi connectivity index (χ2v) is 7.66. The molecule has 5 nitrogen and oxygen atoms in total. The molecule has 2 N–H and O–H groups in total. The van der Waals surface area contributed by atoms with Gasteiger partial charge in [-0.2, -0.15) is 4.31 Å². The van der Waals surface area contributed by atoms with Gasteiger partial charge in [-0.15, -0.1) is 0 Å². The standard InChI is InChI=1S/C15H24N2O3S/c1-10-7-13(9-16)8-15(11(10)2)21(18,19)17(4)14-5-6-20-12(14)3/h7-8,12,14H,5-6,9,16H2,1-4H3. The van der Waals surface area contributed by atoms with Gasteiger partial charge < -0.3 is 10.5 Å². The van der Waals surface area contributed by atoms with Crippen LogP contribution in [-0.4, -0.2) is 38.5 Å². The molecule has 0 aromatic heterocycles. The lowest BCUT2D eigenvalue weighted by Crippen LogP contribution is -2.41. The highest BCUT2D eigenvalue weighted by Crippen LogP contribution is 2.28. The Morgan fingerprint density at radius 2 is 2.05 bits per heavy atom. The number of rotatable bonds is 4. The first-order chi connectivity index (χ1) is 9.78. The minimum absolute atomic E-state index is 0.0798. The zero-order valence-electron chi connectivity index (χ0n) is 13.1. The van der Waals surface area contributed by atoms with Crippen LogP contribution in [-0.2, 0) is 21.3 Å². The number of ether oxygens (including phenoxy) is 1. The Labute approximate surface area is 127 Å². The first-order valence-electron chi connectivity index (χ1n) is 7.19. The second kappa shape index (κ2) is 6.04. The fourth-order valence-corrected chi connectivity index (χ4v) is 4.61. The molecule has 118 valence electrons. The van der Waals surface area contributed by atoms with Gasteiger partial charge in [-0.25, -0.2) is 8.42 Å². The normalized spacial score (nSPS) is 23.0. The Hall–Kier alpha value is -0.950.